The fraction of sp³-hybridized carbons (Fsp3) is 0.273. The van der Waals surface area contributed by atoms with Gasteiger partial charge in [-0.1, -0.05) is 0 Å². The van der Waals surface area contributed by atoms with E-state index in [1.54, 1.807) is 18.2 Å². The Hall–Kier alpha value is -2.24. The summed E-state index contributed by atoms with van der Waals surface area (Å²) < 4.78 is 10.4. The van der Waals surface area contributed by atoms with Crippen molar-refractivity contribution in [3.63, 3.8) is 0 Å². The minimum atomic E-state index is -0.235. The van der Waals surface area contributed by atoms with Gasteiger partial charge >= 0.3 is 0 Å². The molecule has 0 unspecified atom stereocenters. The summed E-state index contributed by atoms with van der Waals surface area (Å²) in [7, 11) is 0. The van der Waals surface area contributed by atoms with Crippen LogP contribution in [0.2, 0.25) is 0 Å². The lowest BCUT2D eigenvalue weighted by Gasteiger charge is -2.06. The Kier molecular flexibility index (Phi) is 2.32. The van der Waals surface area contributed by atoms with Crippen LogP contribution in [0.5, 0.6) is 11.5 Å². The maximum atomic E-state index is 11.7. The zero-order valence-electron chi connectivity index (χ0n) is 9.03. The van der Waals surface area contributed by atoms with Crippen LogP contribution < -0.4 is 20.1 Å². The highest BCUT2D eigenvalue weighted by molar-refractivity contribution is 6.42. The van der Waals surface area contributed by atoms with Crippen molar-refractivity contribution in [2.45, 2.75) is 0 Å². The molecule has 0 spiro atoms. The van der Waals surface area contributed by atoms with Gasteiger partial charge < -0.3 is 20.1 Å². The van der Waals surface area contributed by atoms with Crippen LogP contribution in [0.4, 0.5) is 5.69 Å². The van der Waals surface area contributed by atoms with Crippen molar-refractivity contribution in [2.24, 2.45) is 4.99 Å². The minimum Gasteiger partial charge on any atom is -0.454 e. The molecule has 88 valence electrons. The van der Waals surface area contributed by atoms with Crippen LogP contribution in [-0.4, -0.2) is 31.6 Å². The Morgan fingerprint density at radius 3 is 3.06 bits per heavy atom. The van der Waals surface area contributed by atoms with Gasteiger partial charge in [0.2, 0.25) is 6.79 Å². The molecule has 1 amide bonds. The first-order valence-corrected chi connectivity index (χ1v) is 5.32. The summed E-state index contributed by atoms with van der Waals surface area (Å²) in [5, 5.41) is 5.66. The summed E-state index contributed by atoms with van der Waals surface area (Å²) in [5.41, 5.74) is 0.663. The predicted octanol–water partition coefficient (Wildman–Crippen LogP) is 0.355. The number of nitrogens with zero attached hydrogens (tertiary/aromatic N) is 1. The Bertz CT molecular complexity index is 499. The van der Waals surface area contributed by atoms with Crippen LogP contribution in [0.1, 0.15) is 0 Å². The molecular weight excluding hydrogens is 222 g/mol. The van der Waals surface area contributed by atoms with Crippen molar-refractivity contribution in [1.29, 1.82) is 0 Å². The molecule has 0 saturated heterocycles. The lowest BCUT2D eigenvalue weighted by molar-refractivity contribution is -0.110. The zero-order chi connectivity index (χ0) is 11.7. The van der Waals surface area contributed by atoms with Crippen molar-refractivity contribution < 1.29 is 14.3 Å². The summed E-state index contributed by atoms with van der Waals surface area (Å²) >= 11 is 0. The summed E-state index contributed by atoms with van der Waals surface area (Å²) in [4.78, 5) is 15.8. The van der Waals surface area contributed by atoms with Gasteiger partial charge in [-0.15, -0.1) is 0 Å². The molecule has 3 rings (SSSR count). The number of amidine groups is 1. The number of benzene rings is 1. The van der Waals surface area contributed by atoms with Gasteiger partial charge in [-0.25, -0.2) is 0 Å². The average molecular weight is 233 g/mol. The molecule has 2 aliphatic heterocycles. The van der Waals surface area contributed by atoms with Crippen molar-refractivity contribution in [3.8, 4) is 11.5 Å². The second-order valence-electron chi connectivity index (χ2n) is 3.68. The zero-order valence-corrected chi connectivity index (χ0v) is 9.03. The standard InChI is InChI=1S/C11H11N3O3/c15-11(10-12-3-4-13-10)14-7-1-2-8-9(5-7)17-6-16-8/h1-2,5H,3-4,6H2,(H,12,13)(H,14,15). The van der Waals surface area contributed by atoms with E-state index in [4.69, 9.17) is 9.47 Å². The molecule has 2 N–H and O–H groups in total. The van der Waals surface area contributed by atoms with Gasteiger partial charge in [-0.3, -0.25) is 9.79 Å². The fourth-order valence-corrected chi connectivity index (χ4v) is 1.71. The van der Waals surface area contributed by atoms with Crippen LogP contribution in [0.25, 0.3) is 0 Å². The van der Waals surface area contributed by atoms with E-state index in [1.807, 2.05) is 0 Å². The number of fused-ring (bicyclic) bond motifs is 1. The first-order valence-electron chi connectivity index (χ1n) is 5.32. The highest BCUT2D eigenvalue weighted by Gasteiger charge is 2.17. The molecule has 6 nitrogen and oxygen atoms in total. The number of anilines is 1. The average Bonchev–Trinajstić information content (AvgIpc) is 2.99. The second kappa shape index (κ2) is 3.97. The number of hydrogen-bond acceptors (Lipinski definition) is 5. The molecule has 0 aliphatic carbocycles. The van der Waals surface area contributed by atoms with Gasteiger partial charge in [0.15, 0.2) is 17.3 Å². The third-order valence-electron chi connectivity index (χ3n) is 2.52. The Balaban J connectivity index is 1.74. The van der Waals surface area contributed by atoms with Crippen LogP contribution >= 0.6 is 0 Å². The smallest absolute Gasteiger partial charge is 0.290 e. The van der Waals surface area contributed by atoms with E-state index in [0.29, 0.717) is 36.1 Å². The number of nitrogens with one attached hydrogen (secondary N) is 2. The molecule has 2 heterocycles. The molecule has 0 radical (unpaired) electrons. The van der Waals surface area contributed by atoms with Crippen LogP contribution in [0, 0.1) is 0 Å². The molecule has 6 heteroatoms. The molecule has 17 heavy (non-hydrogen) atoms. The molecule has 2 aliphatic rings. The highest BCUT2D eigenvalue weighted by Crippen LogP contribution is 2.34. The first kappa shape index (κ1) is 9.95. The lowest BCUT2D eigenvalue weighted by atomic mass is 10.2. The van der Waals surface area contributed by atoms with E-state index in [-0.39, 0.29) is 12.7 Å². The summed E-state index contributed by atoms with van der Waals surface area (Å²) in [5.74, 6) is 1.48. The first-order chi connectivity index (χ1) is 8.33. The molecule has 1 aromatic carbocycles. The largest absolute Gasteiger partial charge is 0.454 e. The highest BCUT2D eigenvalue weighted by atomic mass is 16.7. The maximum Gasteiger partial charge on any atom is 0.290 e. The minimum absolute atomic E-state index is 0.223. The molecular formula is C11H11N3O3. The van der Waals surface area contributed by atoms with E-state index in [0.717, 1.165) is 0 Å². The van der Waals surface area contributed by atoms with E-state index in [9.17, 15) is 4.79 Å². The van der Waals surface area contributed by atoms with Crippen LogP contribution in [-0.2, 0) is 4.79 Å². The third-order valence-corrected chi connectivity index (χ3v) is 2.52. The Labute approximate surface area is 97.6 Å². The monoisotopic (exact) mass is 233 g/mol. The van der Waals surface area contributed by atoms with Gasteiger partial charge in [-0.05, 0) is 12.1 Å². The molecule has 0 atom stereocenters. The van der Waals surface area contributed by atoms with Gasteiger partial charge in [0.25, 0.3) is 5.91 Å². The van der Waals surface area contributed by atoms with Gasteiger partial charge in [0, 0.05) is 18.3 Å². The van der Waals surface area contributed by atoms with Crippen molar-refractivity contribution >= 4 is 17.4 Å². The molecule has 0 saturated carbocycles. The van der Waals surface area contributed by atoms with Crippen LogP contribution in [0.15, 0.2) is 23.2 Å². The van der Waals surface area contributed by atoms with Crippen molar-refractivity contribution in [2.75, 3.05) is 25.2 Å². The SMILES string of the molecule is O=C(Nc1ccc2c(c1)OCO2)C1=NCCN1. The van der Waals surface area contributed by atoms with Gasteiger partial charge in [0.05, 0.1) is 6.54 Å². The summed E-state index contributed by atoms with van der Waals surface area (Å²) in [6, 6.07) is 5.26. The van der Waals surface area contributed by atoms with Gasteiger partial charge in [0.1, 0.15) is 0 Å². The molecule has 0 aromatic heterocycles. The number of carbonyl (C=O) groups is 1. The predicted molar refractivity (Wildman–Crippen MR) is 61.5 cm³/mol. The number of amides is 1. The normalized spacial score (nSPS) is 16.4. The quantitative estimate of drug-likeness (QED) is 0.773. The summed E-state index contributed by atoms with van der Waals surface area (Å²) in [6.07, 6.45) is 0. The number of aliphatic imine (C=N–C) groups is 1. The topological polar surface area (TPSA) is 72.0 Å². The number of carbonyl (C=O) groups excluding carboxylic acids is 1. The van der Waals surface area contributed by atoms with Crippen LogP contribution in [0.3, 0.4) is 0 Å². The Morgan fingerprint density at radius 1 is 1.35 bits per heavy atom. The van der Waals surface area contributed by atoms with E-state index >= 15 is 0 Å². The maximum absolute atomic E-state index is 11.7. The van der Waals surface area contributed by atoms with E-state index < -0.39 is 0 Å². The second-order valence-corrected chi connectivity index (χ2v) is 3.68. The van der Waals surface area contributed by atoms with Gasteiger partial charge in [-0.2, -0.15) is 0 Å². The number of hydrogen-bond donors (Lipinski definition) is 2. The van der Waals surface area contributed by atoms with Crippen molar-refractivity contribution in [3.05, 3.63) is 18.2 Å². The molecule has 0 bridgehead atoms. The van der Waals surface area contributed by atoms with E-state index in [2.05, 4.69) is 15.6 Å². The molecule has 0 fully saturated rings. The fourth-order valence-electron chi connectivity index (χ4n) is 1.71. The third kappa shape index (κ3) is 1.89. The van der Waals surface area contributed by atoms with E-state index in [1.165, 1.54) is 0 Å². The summed E-state index contributed by atoms with van der Waals surface area (Å²) in [6.45, 7) is 1.58. The molecule has 1 aromatic rings. The number of rotatable bonds is 2. The Morgan fingerprint density at radius 2 is 2.24 bits per heavy atom. The number of ether oxygens (including phenoxy) is 2. The van der Waals surface area contributed by atoms with Crippen molar-refractivity contribution in [1.82, 2.24) is 5.32 Å². The lowest BCUT2D eigenvalue weighted by Crippen LogP contribution is -2.32.